The zero-order valence-corrected chi connectivity index (χ0v) is 17.6. The lowest BCUT2D eigenvalue weighted by atomic mass is 10.0. The zero-order chi connectivity index (χ0) is 20.6. The molecule has 3 aromatic rings. The van der Waals surface area contributed by atoms with E-state index in [2.05, 4.69) is 20.5 Å². The predicted octanol–water partition coefficient (Wildman–Crippen LogP) is 3.79. The van der Waals surface area contributed by atoms with Gasteiger partial charge in [0.15, 0.2) is 11.6 Å². The van der Waals surface area contributed by atoms with E-state index in [-0.39, 0.29) is 11.6 Å². The number of nitrogens with one attached hydrogen (secondary N) is 1. The fourth-order valence-electron chi connectivity index (χ4n) is 3.29. The fraction of sp³-hybridized carbons (Fsp3) is 0.350. The molecule has 7 nitrogen and oxygen atoms in total. The first-order valence-electron chi connectivity index (χ1n) is 8.97. The molecule has 8 heteroatoms. The quantitative estimate of drug-likeness (QED) is 0.502. The van der Waals surface area contributed by atoms with Crippen LogP contribution in [0.15, 0.2) is 23.4 Å². The minimum absolute atomic E-state index is 0.0514. The summed E-state index contributed by atoms with van der Waals surface area (Å²) in [4.78, 5) is 27.9. The smallest absolute Gasteiger partial charge is 0.214 e. The molecule has 3 rings (SSSR count). The molecular formula is C20H23N5O2S. The van der Waals surface area contributed by atoms with E-state index >= 15 is 0 Å². The van der Waals surface area contributed by atoms with Crippen molar-refractivity contribution in [3.8, 4) is 5.69 Å². The molecule has 0 saturated heterocycles. The third-order valence-corrected chi connectivity index (χ3v) is 5.75. The minimum atomic E-state index is -0.425. The van der Waals surface area contributed by atoms with Crippen molar-refractivity contribution in [1.82, 2.24) is 25.2 Å². The number of thioether (sulfide) groups is 1. The summed E-state index contributed by atoms with van der Waals surface area (Å²) in [5, 5.41) is 12.1. The Bertz CT molecular complexity index is 1070. The van der Waals surface area contributed by atoms with Crippen LogP contribution in [0.3, 0.4) is 0 Å². The summed E-state index contributed by atoms with van der Waals surface area (Å²) < 4.78 is 1.66. The molecular weight excluding hydrogens is 374 g/mol. The summed E-state index contributed by atoms with van der Waals surface area (Å²) in [5.41, 5.74) is 5.49. The Kier molecular flexibility index (Phi) is 5.51. The number of H-pyrrole nitrogens is 1. The van der Waals surface area contributed by atoms with Crippen LogP contribution in [0.2, 0.25) is 0 Å². The number of aryl methyl sites for hydroxylation is 3. The van der Waals surface area contributed by atoms with E-state index in [0.717, 1.165) is 16.8 Å². The van der Waals surface area contributed by atoms with Crippen molar-refractivity contribution in [3.05, 3.63) is 51.8 Å². The maximum Gasteiger partial charge on any atom is 0.214 e. The highest BCUT2D eigenvalue weighted by Gasteiger charge is 2.26. The standard InChI is InChI=1S/C20H23N5O2S/c1-10-7-8-11(2)16(9-10)25-20(22-23-24-25)28-15(6)19(27)18-12(3)17(14(5)26)13(4)21-18/h7-9,15,21H,1-6H3/t15-/m0/s1. The summed E-state index contributed by atoms with van der Waals surface area (Å²) in [5.74, 6) is -0.141. The molecule has 0 aliphatic heterocycles. The molecule has 0 fully saturated rings. The van der Waals surface area contributed by atoms with Crippen molar-refractivity contribution in [2.24, 2.45) is 0 Å². The van der Waals surface area contributed by atoms with Gasteiger partial charge in [0, 0.05) is 11.3 Å². The molecule has 0 radical (unpaired) electrons. The minimum Gasteiger partial charge on any atom is -0.355 e. The van der Waals surface area contributed by atoms with Crippen LogP contribution in [0.25, 0.3) is 5.69 Å². The lowest BCUT2D eigenvalue weighted by Gasteiger charge is -2.12. The number of rotatable bonds is 6. The maximum atomic E-state index is 13.0. The van der Waals surface area contributed by atoms with E-state index in [4.69, 9.17) is 0 Å². The highest BCUT2D eigenvalue weighted by Crippen LogP contribution is 2.28. The van der Waals surface area contributed by atoms with E-state index in [9.17, 15) is 9.59 Å². The molecule has 0 aliphatic rings. The highest BCUT2D eigenvalue weighted by molar-refractivity contribution is 8.00. The summed E-state index contributed by atoms with van der Waals surface area (Å²) in [6.07, 6.45) is 0. The first kappa shape index (κ1) is 20.0. The van der Waals surface area contributed by atoms with E-state index in [0.29, 0.717) is 27.7 Å². The van der Waals surface area contributed by atoms with Crippen molar-refractivity contribution in [3.63, 3.8) is 0 Å². The number of Topliss-reactive ketones (excluding diaryl/α,β-unsaturated/α-hetero) is 2. The summed E-state index contributed by atoms with van der Waals surface area (Å²) in [6, 6.07) is 6.06. The Labute approximate surface area is 167 Å². The summed E-state index contributed by atoms with van der Waals surface area (Å²) in [6.45, 7) is 10.9. The van der Waals surface area contributed by atoms with Crippen molar-refractivity contribution >= 4 is 23.3 Å². The number of nitrogens with zero attached hydrogens (tertiary/aromatic N) is 4. The number of hydrogen-bond acceptors (Lipinski definition) is 6. The van der Waals surface area contributed by atoms with E-state index in [1.165, 1.54) is 18.7 Å². The van der Waals surface area contributed by atoms with Gasteiger partial charge in [-0.2, -0.15) is 4.68 Å². The van der Waals surface area contributed by atoms with Gasteiger partial charge in [0.25, 0.3) is 0 Å². The zero-order valence-electron chi connectivity index (χ0n) is 16.8. The molecule has 0 saturated carbocycles. The highest BCUT2D eigenvalue weighted by atomic mass is 32.2. The van der Waals surface area contributed by atoms with Crippen LogP contribution < -0.4 is 0 Å². The predicted molar refractivity (Wildman–Crippen MR) is 109 cm³/mol. The van der Waals surface area contributed by atoms with Crippen molar-refractivity contribution < 1.29 is 9.59 Å². The van der Waals surface area contributed by atoms with Gasteiger partial charge in [0.1, 0.15) is 0 Å². The second-order valence-electron chi connectivity index (χ2n) is 6.97. The van der Waals surface area contributed by atoms with Crippen molar-refractivity contribution in [2.45, 2.75) is 51.9 Å². The van der Waals surface area contributed by atoms with Crippen LogP contribution in [0.1, 0.15) is 57.1 Å². The largest absolute Gasteiger partial charge is 0.355 e. The number of carbonyl (C=O) groups excluding carboxylic acids is 2. The maximum absolute atomic E-state index is 13.0. The first-order valence-corrected chi connectivity index (χ1v) is 9.85. The summed E-state index contributed by atoms with van der Waals surface area (Å²) >= 11 is 1.29. The molecule has 0 unspecified atom stereocenters. The number of tetrazole rings is 1. The molecule has 1 N–H and O–H groups in total. The molecule has 1 aromatic carbocycles. The fourth-order valence-corrected chi connectivity index (χ4v) is 4.15. The second-order valence-corrected chi connectivity index (χ2v) is 8.28. The topological polar surface area (TPSA) is 93.5 Å². The lowest BCUT2D eigenvalue weighted by Crippen LogP contribution is -2.16. The van der Waals surface area contributed by atoms with Crippen LogP contribution in [-0.2, 0) is 0 Å². The van der Waals surface area contributed by atoms with Gasteiger partial charge in [-0.1, -0.05) is 23.9 Å². The van der Waals surface area contributed by atoms with E-state index in [1.807, 2.05) is 39.0 Å². The van der Waals surface area contributed by atoms with E-state index < -0.39 is 5.25 Å². The Morgan fingerprint density at radius 2 is 1.89 bits per heavy atom. The van der Waals surface area contributed by atoms with Crippen LogP contribution in [-0.4, -0.2) is 42.0 Å². The van der Waals surface area contributed by atoms with Crippen LogP contribution in [0, 0.1) is 27.7 Å². The Balaban J connectivity index is 1.89. The van der Waals surface area contributed by atoms with Gasteiger partial charge in [-0.3, -0.25) is 9.59 Å². The number of hydrogen-bond donors (Lipinski definition) is 1. The molecule has 28 heavy (non-hydrogen) atoms. The first-order chi connectivity index (χ1) is 13.2. The average Bonchev–Trinajstić information content (AvgIpc) is 3.20. The number of carbonyl (C=O) groups is 2. The van der Waals surface area contributed by atoms with Crippen LogP contribution in [0.4, 0.5) is 0 Å². The molecule has 2 heterocycles. The SMILES string of the molecule is CC(=O)c1c(C)[nH]c(C(=O)[C@H](C)Sc2nnnn2-c2cc(C)ccc2C)c1C. The molecule has 1 atom stereocenters. The molecule has 0 bridgehead atoms. The number of aromatic nitrogens is 5. The normalized spacial score (nSPS) is 12.2. The van der Waals surface area contributed by atoms with Gasteiger partial charge in [0.05, 0.1) is 16.6 Å². The van der Waals surface area contributed by atoms with Gasteiger partial charge < -0.3 is 4.98 Å². The van der Waals surface area contributed by atoms with Gasteiger partial charge in [-0.05, 0) is 74.7 Å². The van der Waals surface area contributed by atoms with Crippen LogP contribution >= 0.6 is 11.8 Å². The van der Waals surface area contributed by atoms with Gasteiger partial charge in [-0.15, -0.1) is 5.10 Å². The molecule has 0 aliphatic carbocycles. The molecule has 146 valence electrons. The molecule has 0 amide bonds. The van der Waals surface area contributed by atoms with Crippen LogP contribution in [0.5, 0.6) is 0 Å². The summed E-state index contributed by atoms with van der Waals surface area (Å²) in [7, 11) is 0. The monoisotopic (exact) mass is 397 g/mol. The number of ketones is 2. The van der Waals surface area contributed by atoms with Gasteiger partial charge in [-0.25, -0.2) is 0 Å². The van der Waals surface area contributed by atoms with Gasteiger partial charge >= 0.3 is 0 Å². The number of aromatic amines is 1. The molecule has 0 spiro atoms. The third-order valence-electron chi connectivity index (χ3n) is 4.72. The Morgan fingerprint density at radius 1 is 1.18 bits per heavy atom. The second kappa shape index (κ2) is 7.71. The van der Waals surface area contributed by atoms with Crippen molar-refractivity contribution in [1.29, 1.82) is 0 Å². The third kappa shape index (κ3) is 3.64. The van der Waals surface area contributed by atoms with Gasteiger partial charge in [0.2, 0.25) is 5.16 Å². The Morgan fingerprint density at radius 3 is 2.54 bits per heavy atom. The molecule has 2 aromatic heterocycles. The average molecular weight is 398 g/mol. The van der Waals surface area contributed by atoms with E-state index in [1.54, 1.807) is 18.5 Å². The lowest BCUT2D eigenvalue weighted by molar-refractivity contribution is 0.0988. The Hall–Kier alpha value is -2.74. The van der Waals surface area contributed by atoms with Crippen molar-refractivity contribution in [2.75, 3.05) is 0 Å². The number of benzene rings is 1.